The van der Waals surface area contributed by atoms with Crippen molar-refractivity contribution in [1.29, 1.82) is 0 Å². The van der Waals surface area contributed by atoms with Crippen LogP contribution < -0.4 is 4.74 Å². The molecule has 2 heterocycles. The number of hydrogen-bond donors (Lipinski definition) is 2. The van der Waals surface area contributed by atoms with E-state index in [1.165, 1.54) is 13.3 Å². The summed E-state index contributed by atoms with van der Waals surface area (Å²) in [6, 6.07) is 4.88. The minimum Gasteiger partial charge on any atom is -0.496 e. The highest BCUT2D eigenvalue weighted by Gasteiger charge is 2.39. The van der Waals surface area contributed by atoms with Crippen molar-refractivity contribution in [2.75, 3.05) is 20.2 Å². The molecular weight excluding hydrogens is 320 g/mol. The van der Waals surface area contributed by atoms with E-state index in [0.29, 0.717) is 41.4 Å². The number of likely N-dealkylation sites (tertiary alicyclic amines) is 1. The lowest BCUT2D eigenvalue weighted by Crippen LogP contribution is -2.48. The molecule has 122 valence electrons. The summed E-state index contributed by atoms with van der Waals surface area (Å²) >= 11 is 5.94. The maximum atomic E-state index is 12.8. The summed E-state index contributed by atoms with van der Waals surface area (Å²) in [7, 11) is 1.49. The Hall–Kier alpha value is -2.12. The molecule has 1 unspecified atom stereocenters. The SMILES string of the molecule is COc1cc(Cl)ccc1C(=O)N1CCCC(O)(c2cn[nH]n2)C1. The van der Waals surface area contributed by atoms with E-state index >= 15 is 0 Å². The lowest BCUT2D eigenvalue weighted by atomic mass is 9.89. The highest BCUT2D eigenvalue weighted by atomic mass is 35.5. The number of aromatic nitrogens is 3. The summed E-state index contributed by atoms with van der Waals surface area (Å²) in [6.45, 7) is 0.717. The monoisotopic (exact) mass is 336 g/mol. The van der Waals surface area contributed by atoms with E-state index < -0.39 is 5.60 Å². The fraction of sp³-hybridized carbons (Fsp3) is 0.400. The van der Waals surface area contributed by atoms with E-state index in [1.54, 1.807) is 23.1 Å². The first-order valence-corrected chi connectivity index (χ1v) is 7.63. The molecule has 1 fully saturated rings. The molecule has 1 saturated heterocycles. The van der Waals surface area contributed by atoms with Crippen molar-refractivity contribution >= 4 is 17.5 Å². The fourth-order valence-corrected chi connectivity index (χ4v) is 3.02. The molecule has 3 rings (SSSR count). The molecule has 0 bridgehead atoms. The van der Waals surface area contributed by atoms with Crippen LogP contribution in [0.25, 0.3) is 0 Å². The minimum absolute atomic E-state index is 0.157. The number of nitrogens with one attached hydrogen (secondary N) is 1. The number of halogens is 1. The standard InChI is InChI=1S/C15H17ClN4O3/c1-23-12-7-10(16)3-4-11(12)14(21)20-6-2-5-15(22,9-20)13-8-17-19-18-13/h3-4,7-8,22H,2,5-6,9H2,1H3,(H,17,18,19). The summed E-state index contributed by atoms with van der Waals surface area (Å²) in [5.41, 5.74) is -0.333. The molecule has 1 aliphatic heterocycles. The maximum absolute atomic E-state index is 12.8. The van der Waals surface area contributed by atoms with E-state index in [1.807, 2.05) is 0 Å². The molecule has 8 heteroatoms. The van der Waals surface area contributed by atoms with E-state index in [0.717, 1.165) is 0 Å². The van der Waals surface area contributed by atoms with Crippen LogP contribution in [0.3, 0.4) is 0 Å². The maximum Gasteiger partial charge on any atom is 0.257 e. The summed E-state index contributed by atoms with van der Waals surface area (Å²) in [6.07, 6.45) is 2.68. The quantitative estimate of drug-likeness (QED) is 0.888. The number of rotatable bonds is 3. The smallest absolute Gasteiger partial charge is 0.257 e. The van der Waals surface area contributed by atoms with Gasteiger partial charge >= 0.3 is 0 Å². The summed E-state index contributed by atoms with van der Waals surface area (Å²) in [4.78, 5) is 14.4. The number of carbonyl (C=O) groups is 1. The predicted molar refractivity (Wildman–Crippen MR) is 83.4 cm³/mol. The van der Waals surface area contributed by atoms with Gasteiger partial charge in [0.05, 0.1) is 25.4 Å². The highest BCUT2D eigenvalue weighted by Crippen LogP contribution is 2.32. The van der Waals surface area contributed by atoms with Gasteiger partial charge in [-0.3, -0.25) is 4.79 Å². The first kappa shape index (κ1) is 15.8. The third-order valence-electron chi connectivity index (χ3n) is 4.04. The van der Waals surface area contributed by atoms with E-state index in [-0.39, 0.29) is 12.5 Å². The number of aromatic amines is 1. The van der Waals surface area contributed by atoms with Gasteiger partial charge in [-0.25, -0.2) is 0 Å². The van der Waals surface area contributed by atoms with Crippen LogP contribution in [-0.2, 0) is 5.60 Å². The highest BCUT2D eigenvalue weighted by molar-refractivity contribution is 6.30. The molecule has 2 aromatic rings. The van der Waals surface area contributed by atoms with Gasteiger partial charge in [0.15, 0.2) is 0 Å². The average Bonchev–Trinajstić information content (AvgIpc) is 3.09. The number of aliphatic hydroxyl groups is 1. The number of H-pyrrole nitrogens is 1. The van der Waals surface area contributed by atoms with Gasteiger partial charge in [0.2, 0.25) is 0 Å². The summed E-state index contributed by atoms with van der Waals surface area (Å²) < 4.78 is 5.24. The van der Waals surface area contributed by atoms with Crippen LogP contribution in [0, 0.1) is 0 Å². The van der Waals surface area contributed by atoms with Crippen molar-refractivity contribution < 1.29 is 14.6 Å². The molecule has 2 N–H and O–H groups in total. The molecule has 1 aromatic heterocycles. The van der Waals surface area contributed by atoms with Crippen LogP contribution in [0.5, 0.6) is 5.75 Å². The first-order valence-electron chi connectivity index (χ1n) is 7.25. The predicted octanol–water partition coefficient (Wildman–Crippen LogP) is 1.59. The van der Waals surface area contributed by atoms with Crippen molar-refractivity contribution in [3.8, 4) is 5.75 Å². The van der Waals surface area contributed by atoms with Crippen molar-refractivity contribution in [1.82, 2.24) is 20.3 Å². The van der Waals surface area contributed by atoms with Gasteiger partial charge in [0.25, 0.3) is 5.91 Å². The molecule has 0 aliphatic carbocycles. The van der Waals surface area contributed by atoms with Crippen molar-refractivity contribution in [2.45, 2.75) is 18.4 Å². The number of piperidine rings is 1. The van der Waals surface area contributed by atoms with Crippen LogP contribution in [-0.4, -0.2) is 51.5 Å². The zero-order chi connectivity index (χ0) is 16.4. The number of amides is 1. The van der Waals surface area contributed by atoms with Crippen LogP contribution in [0.4, 0.5) is 0 Å². The molecule has 7 nitrogen and oxygen atoms in total. The topological polar surface area (TPSA) is 91.3 Å². The zero-order valence-electron chi connectivity index (χ0n) is 12.6. The normalized spacial score (nSPS) is 21.3. The van der Waals surface area contributed by atoms with Gasteiger partial charge in [0.1, 0.15) is 17.0 Å². The van der Waals surface area contributed by atoms with Crippen molar-refractivity contribution in [3.05, 3.63) is 40.7 Å². The van der Waals surface area contributed by atoms with E-state index in [4.69, 9.17) is 16.3 Å². The van der Waals surface area contributed by atoms with Gasteiger partial charge in [-0.05, 0) is 31.0 Å². The third kappa shape index (κ3) is 3.02. The Bertz CT molecular complexity index is 707. The molecule has 1 aliphatic rings. The number of methoxy groups -OCH3 is 1. The van der Waals surface area contributed by atoms with Crippen LogP contribution in [0.1, 0.15) is 28.9 Å². The van der Waals surface area contributed by atoms with Crippen LogP contribution >= 0.6 is 11.6 Å². The fourth-order valence-electron chi connectivity index (χ4n) is 2.86. The molecule has 1 aromatic carbocycles. The zero-order valence-corrected chi connectivity index (χ0v) is 13.4. The Labute approximate surface area is 138 Å². The van der Waals surface area contributed by atoms with Gasteiger partial charge in [-0.1, -0.05) is 11.6 Å². The lowest BCUT2D eigenvalue weighted by Gasteiger charge is -2.38. The van der Waals surface area contributed by atoms with Crippen molar-refractivity contribution in [2.24, 2.45) is 0 Å². The second kappa shape index (κ2) is 6.17. The van der Waals surface area contributed by atoms with Crippen molar-refractivity contribution in [3.63, 3.8) is 0 Å². The molecule has 1 atom stereocenters. The molecular formula is C15H17ClN4O3. The number of benzene rings is 1. The Balaban J connectivity index is 1.85. The number of nitrogens with zero attached hydrogens (tertiary/aromatic N) is 3. The third-order valence-corrected chi connectivity index (χ3v) is 4.28. The van der Waals surface area contributed by atoms with Crippen LogP contribution in [0.2, 0.25) is 5.02 Å². The summed E-state index contributed by atoms with van der Waals surface area (Å²) in [5, 5.41) is 21.5. The number of β-amino-alcohol motifs (C(OH)–C–C–N with tert-alkyl or cyclic N) is 1. The minimum atomic E-state index is -1.19. The molecule has 0 spiro atoms. The molecule has 0 radical (unpaired) electrons. The molecule has 23 heavy (non-hydrogen) atoms. The lowest BCUT2D eigenvalue weighted by molar-refractivity contribution is -0.0321. The second-order valence-corrected chi connectivity index (χ2v) is 6.00. The number of ether oxygens (including phenoxy) is 1. The average molecular weight is 337 g/mol. The van der Waals surface area contributed by atoms with E-state index in [9.17, 15) is 9.90 Å². The Morgan fingerprint density at radius 1 is 1.52 bits per heavy atom. The summed E-state index contributed by atoms with van der Waals surface area (Å²) in [5.74, 6) is 0.207. The van der Waals surface area contributed by atoms with Gasteiger partial charge in [0, 0.05) is 11.6 Å². The number of carbonyl (C=O) groups excluding carboxylic acids is 1. The largest absolute Gasteiger partial charge is 0.496 e. The Morgan fingerprint density at radius 2 is 2.35 bits per heavy atom. The molecule has 1 amide bonds. The first-order chi connectivity index (χ1) is 11.0. The van der Waals surface area contributed by atoms with E-state index in [2.05, 4.69) is 15.4 Å². The Morgan fingerprint density at radius 3 is 3.04 bits per heavy atom. The second-order valence-electron chi connectivity index (χ2n) is 5.56. The van der Waals surface area contributed by atoms with Gasteiger partial charge < -0.3 is 14.7 Å². The molecule has 0 saturated carbocycles. The van der Waals surface area contributed by atoms with Crippen LogP contribution in [0.15, 0.2) is 24.4 Å². The number of hydrogen-bond acceptors (Lipinski definition) is 5. The Kier molecular flexibility index (Phi) is 4.23. The van der Waals surface area contributed by atoms with Gasteiger partial charge in [-0.2, -0.15) is 15.4 Å². The van der Waals surface area contributed by atoms with Gasteiger partial charge in [-0.15, -0.1) is 0 Å².